The number of nitrogens with one attached hydrogen (secondary N) is 1. The molecule has 0 radical (unpaired) electrons. The van der Waals surface area contributed by atoms with Crippen molar-refractivity contribution in [3.05, 3.63) is 29.8 Å². The fourth-order valence-electron chi connectivity index (χ4n) is 3.17. The zero-order valence-electron chi connectivity index (χ0n) is 14.5. The van der Waals surface area contributed by atoms with Crippen LogP contribution in [0.15, 0.2) is 24.3 Å². The van der Waals surface area contributed by atoms with Crippen molar-refractivity contribution in [3.63, 3.8) is 0 Å². The number of ether oxygens (including phenoxy) is 1. The van der Waals surface area contributed by atoms with Crippen molar-refractivity contribution in [2.45, 2.75) is 37.3 Å². The minimum Gasteiger partial charge on any atom is -0.497 e. The monoisotopic (exact) mass is 372 g/mol. The first-order chi connectivity index (χ1) is 11.6. The number of hydrogen-bond donors (Lipinski definition) is 3. The first-order valence-electron chi connectivity index (χ1n) is 7.83. The molecule has 3 N–H and O–H groups in total. The predicted molar refractivity (Wildman–Crippen MR) is 91.0 cm³/mol. The van der Waals surface area contributed by atoms with Crippen LogP contribution in [0.2, 0.25) is 0 Å². The number of β-amino-alcohol motifs (C(OH)–C–C–N with tert-alkyl or cyclic N) is 1. The quantitative estimate of drug-likeness (QED) is 0.501. The lowest BCUT2D eigenvalue weighted by Crippen LogP contribution is -2.59. The molecule has 0 aromatic heterocycles. The maximum Gasteiger partial charge on any atom is 0.262 e. The molecule has 1 heterocycles. The SMILES string of the molecule is COc1ccc(CN2CC(O)CS(=O)(=O)C(C)(C)[C@@H]2C(=O)NO)cc1. The molecule has 1 aliphatic rings. The van der Waals surface area contributed by atoms with Crippen LogP contribution in [-0.4, -0.2) is 65.8 Å². The lowest BCUT2D eigenvalue weighted by atomic mass is 9.99. The van der Waals surface area contributed by atoms with Gasteiger partial charge in [-0.25, -0.2) is 13.9 Å². The summed E-state index contributed by atoms with van der Waals surface area (Å²) in [5.41, 5.74) is 2.38. The molecule has 1 aromatic rings. The maximum atomic E-state index is 12.6. The van der Waals surface area contributed by atoms with E-state index in [1.54, 1.807) is 41.8 Å². The lowest BCUT2D eigenvalue weighted by molar-refractivity contribution is -0.136. The van der Waals surface area contributed by atoms with Crippen LogP contribution < -0.4 is 10.2 Å². The third-order valence-corrected chi connectivity index (χ3v) is 7.24. The van der Waals surface area contributed by atoms with Crippen molar-refractivity contribution in [1.82, 2.24) is 10.4 Å². The second kappa shape index (κ2) is 7.28. The molecule has 0 saturated carbocycles. The van der Waals surface area contributed by atoms with Gasteiger partial charge in [-0.3, -0.25) is 14.9 Å². The van der Waals surface area contributed by atoms with Gasteiger partial charge >= 0.3 is 0 Å². The van der Waals surface area contributed by atoms with Crippen LogP contribution in [0.4, 0.5) is 0 Å². The first kappa shape index (κ1) is 19.6. The van der Waals surface area contributed by atoms with Crippen LogP contribution in [-0.2, 0) is 21.2 Å². The number of benzene rings is 1. The smallest absolute Gasteiger partial charge is 0.262 e. The Balaban J connectivity index is 2.42. The van der Waals surface area contributed by atoms with Gasteiger partial charge in [0.05, 0.1) is 23.7 Å². The number of nitrogens with zero attached hydrogens (tertiary/aromatic N) is 1. The summed E-state index contributed by atoms with van der Waals surface area (Å²) in [4.78, 5) is 13.8. The van der Waals surface area contributed by atoms with E-state index < -0.39 is 38.4 Å². The van der Waals surface area contributed by atoms with Crippen LogP contribution in [0.25, 0.3) is 0 Å². The molecule has 9 heteroatoms. The Hall–Kier alpha value is -1.68. The highest BCUT2D eigenvalue weighted by atomic mass is 32.2. The third kappa shape index (κ3) is 3.95. The number of carbonyl (C=O) groups is 1. The van der Waals surface area contributed by atoms with E-state index >= 15 is 0 Å². The fraction of sp³-hybridized carbons (Fsp3) is 0.562. The molecule has 1 amide bonds. The van der Waals surface area contributed by atoms with Crippen LogP contribution in [0, 0.1) is 0 Å². The molecular weight excluding hydrogens is 348 g/mol. The number of hydroxylamine groups is 1. The molecule has 25 heavy (non-hydrogen) atoms. The Morgan fingerprint density at radius 3 is 2.48 bits per heavy atom. The molecule has 2 atom stereocenters. The van der Waals surface area contributed by atoms with Crippen molar-refractivity contribution in [3.8, 4) is 5.75 Å². The van der Waals surface area contributed by atoms with E-state index in [0.717, 1.165) is 5.56 Å². The van der Waals surface area contributed by atoms with Crippen molar-refractivity contribution < 1.29 is 28.3 Å². The zero-order chi connectivity index (χ0) is 18.8. The number of methoxy groups -OCH3 is 1. The van der Waals surface area contributed by atoms with Crippen LogP contribution >= 0.6 is 0 Å². The molecule has 1 aliphatic heterocycles. The normalized spacial score (nSPS) is 25.8. The lowest BCUT2D eigenvalue weighted by Gasteiger charge is -2.37. The topological polar surface area (TPSA) is 116 Å². The van der Waals surface area contributed by atoms with Crippen LogP contribution in [0.1, 0.15) is 19.4 Å². The van der Waals surface area contributed by atoms with E-state index in [2.05, 4.69) is 0 Å². The number of aliphatic hydroxyl groups is 1. The standard InChI is InChI=1S/C16H24N2O6S/c1-16(2)14(15(20)17-21)18(9-12(19)10-25(16,22)23)8-11-4-6-13(24-3)7-5-11/h4-7,12,14,19,21H,8-10H2,1-3H3,(H,17,20)/t12?,14-/m0/s1. The van der Waals surface area contributed by atoms with Crippen LogP contribution in [0.3, 0.4) is 0 Å². The van der Waals surface area contributed by atoms with E-state index in [-0.39, 0.29) is 13.1 Å². The molecule has 2 rings (SSSR count). The second-order valence-corrected chi connectivity index (χ2v) is 9.31. The number of aliphatic hydroxyl groups excluding tert-OH is 1. The Kier molecular flexibility index (Phi) is 5.72. The molecule has 0 bridgehead atoms. The average Bonchev–Trinajstić information content (AvgIpc) is 2.60. The molecule has 8 nitrogen and oxygen atoms in total. The average molecular weight is 372 g/mol. The van der Waals surface area contributed by atoms with E-state index in [4.69, 9.17) is 9.94 Å². The summed E-state index contributed by atoms with van der Waals surface area (Å²) in [5, 5.41) is 19.2. The number of hydrogen-bond acceptors (Lipinski definition) is 7. The number of rotatable bonds is 4. The molecule has 1 unspecified atom stereocenters. The van der Waals surface area contributed by atoms with Crippen molar-refractivity contribution >= 4 is 15.7 Å². The van der Waals surface area contributed by atoms with Crippen molar-refractivity contribution in [2.24, 2.45) is 0 Å². The summed E-state index contributed by atoms with van der Waals surface area (Å²) < 4.78 is 28.8. The maximum absolute atomic E-state index is 12.6. The predicted octanol–water partition coefficient (Wildman–Crippen LogP) is -0.0609. The first-order valence-corrected chi connectivity index (χ1v) is 9.49. The number of amides is 1. The number of carbonyl (C=O) groups excluding carboxylic acids is 1. The Morgan fingerprint density at radius 2 is 1.96 bits per heavy atom. The largest absolute Gasteiger partial charge is 0.497 e. The molecule has 140 valence electrons. The van der Waals surface area contributed by atoms with Gasteiger partial charge in [0.1, 0.15) is 11.8 Å². The second-order valence-electron chi connectivity index (χ2n) is 6.69. The van der Waals surface area contributed by atoms with Crippen molar-refractivity contribution in [2.75, 3.05) is 19.4 Å². The zero-order valence-corrected chi connectivity index (χ0v) is 15.3. The van der Waals surface area contributed by atoms with Gasteiger partial charge in [0.15, 0.2) is 9.84 Å². The molecule has 1 aromatic carbocycles. The molecule has 0 spiro atoms. The molecule has 1 fully saturated rings. The summed E-state index contributed by atoms with van der Waals surface area (Å²) in [7, 11) is -2.22. The molecule has 0 aliphatic carbocycles. The summed E-state index contributed by atoms with van der Waals surface area (Å²) in [6, 6.07) is 5.96. The summed E-state index contributed by atoms with van der Waals surface area (Å²) in [6.07, 6.45) is -1.13. The highest BCUT2D eigenvalue weighted by Gasteiger charge is 2.51. The van der Waals surface area contributed by atoms with Gasteiger partial charge in [0.25, 0.3) is 5.91 Å². The Bertz CT molecular complexity index is 717. The fourth-order valence-corrected chi connectivity index (χ4v) is 4.81. The molecular formula is C16H24N2O6S. The van der Waals surface area contributed by atoms with Gasteiger partial charge < -0.3 is 9.84 Å². The highest BCUT2D eigenvalue weighted by molar-refractivity contribution is 7.92. The summed E-state index contributed by atoms with van der Waals surface area (Å²) >= 11 is 0. The molecule has 1 saturated heterocycles. The van der Waals surface area contributed by atoms with Crippen molar-refractivity contribution in [1.29, 1.82) is 0 Å². The van der Waals surface area contributed by atoms with E-state index in [1.165, 1.54) is 13.8 Å². The van der Waals surface area contributed by atoms with Gasteiger partial charge in [-0.05, 0) is 31.5 Å². The minimum absolute atomic E-state index is 0.00717. The highest BCUT2D eigenvalue weighted by Crippen LogP contribution is 2.31. The van der Waals surface area contributed by atoms with Gasteiger partial charge in [-0.2, -0.15) is 0 Å². The van der Waals surface area contributed by atoms with Gasteiger partial charge in [-0.15, -0.1) is 0 Å². The van der Waals surface area contributed by atoms with E-state index in [0.29, 0.717) is 5.75 Å². The van der Waals surface area contributed by atoms with Gasteiger partial charge in [0, 0.05) is 13.1 Å². The van der Waals surface area contributed by atoms with Crippen LogP contribution in [0.5, 0.6) is 5.75 Å². The Labute approximate surface area is 147 Å². The minimum atomic E-state index is -3.77. The number of sulfone groups is 1. The third-order valence-electron chi connectivity index (χ3n) is 4.59. The van der Waals surface area contributed by atoms with Gasteiger partial charge in [-0.1, -0.05) is 12.1 Å². The van der Waals surface area contributed by atoms with E-state index in [1.807, 2.05) is 0 Å². The Morgan fingerprint density at radius 1 is 1.36 bits per heavy atom. The van der Waals surface area contributed by atoms with Gasteiger partial charge in [0.2, 0.25) is 0 Å². The van der Waals surface area contributed by atoms with E-state index in [9.17, 15) is 18.3 Å². The summed E-state index contributed by atoms with van der Waals surface area (Å²) in [5.74, 6) is -0.586. The summed E-state index contributed by atoms with van der Waals surface area (Å²) in [6.45, 7) is 3.09.